The van der Waals surface area contributed by atoms with Crippen molar-refractivity contribution in [1.82, 2.24) is 0 Å². The lowest BCUT2D eigenvalue weighted by atomic mass is 10.1. The maximum Gasteiger partial charge on any atom is 0.230 e. The minimum Gasteiger partial charge on any atom is -0.399 e. The van der Waals surface area contributed by atoms with Crippen molar-refractivity contribution >= 4 is 17.3 Å². The predicted molar refractivity (Wildman–Crippen MR) is 84.2 cm³/mol. The largest absolute Gasteiger partial charge is 0.399 e. The third-order valence-corrected chi connectivity index (χ3v) is 4.61. The Morgan fingerprint density at radius 3 is 2.76 bits per heavy atom. The van der Waals surface area contributed by atoms with E-state index in [1.165, 1.54) is 11.1 Å². The zero-order valence-electron chi connectivity index (χ0n) is 11.8. The van der Waals surface area contributed by atoms with E-state index in [4.69, 9.17) is 5.73 Å². The molecule has 2 N–H and O–H groups in total. The Labute approximate surface area is 124 Å². The van der Waals surface area contributed by atoms with Gasteiger partial charge in [-0.25, -0.2) is 0 Å². The number of fused-ring (bicyclic) bond motifs is 1. The van der Waals surface area contributed by atoms with Crippen molar-refractivity contribution in [2.24, 2.45) is 5.92 Å². The summed E-state index contributed by atoms with van der Waals surface area (Å²) in [6.45, 7) is 0.787. The molecule has 0 bridgehead atoms. The van der Waals surface area contributed by atoms with Gasteiger partial charge in [0.15, 0.2) is 0 Å². The van der Waals surface area contributed by atoms with E-state index in [0.717, 1.165) is 30.8 Å². The van der Waals surface area contributed by atoms with E-state index in [1.807, 2.05) is 41.3 Å². The van der Waals surface area contributed by atoms with Gasteiger partial charge in [-0.05, 0) is 42.0 Å². The Balaban J connectivity index is 1.55. The molecule has 0 spiro atoms. The lowest BCUT2D eigenvalue weighted by molar-refractivity contribution is -0.119. The summed E-state index contributed by atoms with van der Waals surface area (Å²) < 4.78 is 0. The number of benzene rings is 2. The summed E-state index contributed by atoms with van der Waals surface area (Å²) in [6, 6.07) is 16.2. The van der Waals surface area contributed by atoms with Gasteiger partial charge in [-0.3, -0.25) is 4.79 Å². The fourth-order valence-corrected chi connectivity index (χ4v) is 3.36. The van der Waals surface area contributed by atoms with Gasteiger partial charge in [0.05, 0.1) is 0 Å². The molecule has 4 rings (SSSR count). The van der Waals surface area contributed by atoms with Crippen LogP contribution in [0.25, 0.3) is 0 Å². The van der Waals surface area contributed by atoms with Crippen molar-refractivity contribution in [3.63, 3.8) is 0 Å². The van der Waals surface area contributed by atoms with Crippen molar-refractivity contribution in [1.29, 1.82) is 0 Å². The topological polar surface area (TPSA) is 46.3 Å². The number of hydrogen-bond donors (Lipinski definition) is 1. The fourth-order valence-electron chi connectivity index (χ4n) is 3.36. The molecule has 0 saturated heterocycles. The maximum absolute atomic E-state index is 12.8. The van der Waals surface area contributed by atoms with Crippen LogP contribution in [-0.4, -0.2) is 12.5 Å². The number of nitrogens with two attached hydrogens (primary N) is 1. The number of rotatable bonds is 2. The van der Waals surface area contributed by atoms with E-state index >= 15 is 0 Å². The molecule has 2 aromatic carbocycles. The van der Waals surface area contributed by atoms with Gasteiger partial charge in [-0.15, -0.1) is 0 Å². The molecule has 21 heavy (non-hydrogen) atoms. The normalized spacial score (nSPS) is 23.0. The molecule has 0 aromatic heterocycles. The zero-order valence-corrected chi connectivity index (χ0v) is 11.8. The third-order valence-electron chi connectivity index (χ3n) is 4.61. The molecule has 0 radical (unpaired) electrons. The molecule has 1 heterocycles. The summed E-state index contributed by atoms with van der Waals surface area (Å²) in [5.41, 5.74) is 10.1. The lowest BCUT2D eigenvalue weighted by Gasteiger charge is -2.18. The molecular formula is C18H18N2O. The Kier molecular flexibility index (Phi) is 2.74. The van der Waals surface area contributed by atoms with Crippen molar-refractivity contribution in [3.8, 4) is 0 Å². The average molecular weight is 278 g/mol. The molecule has 3 heteroatoms. The molecule has 2 unspecified atom stereocenters. The van der Waals surface area contributed by atoms with Gasteiger partial charge in [0.1, 0.15) is 0 Å². The number of nitrogens with zero attached hydrogens (tertiary/aromatic N) is 1. The lowest BCUT2D eigenvalue weighted by Crippen LogP contribution is -2.30. The first kappa shape index (κ1) is 12.5. The standard InChI is InChI=1S/C18H18N2O/c19-14-7-6-13-8-9-20(17(13)10-14)18(21)16-11-15(16)12-4-2-1-3-5-12/h1-7,10,15-16H,8-9,11,19H2. The van der Waals surface area contributed by atoms with Crippen LogP contribution in [0.3, 0.4) is 0 Å². The van der Waals surface area contributed by atoms with E-state index in [0.29, 0.717) is 5.92 Å². The van der Waals surface area contributed by atoms with Crippen molar-refractivity contribution in [2.75, 3.05) is 17.2 Å². The SMILES string of the molecule is Nc1ccc2c(c1)N(C(=O)C1CC1c1ccccc1)CC2. The van der Waals surface area contributed by atoms with Crippen LogP contribution >= 0.6 is 0 Å². The second-order valence-electron chi connectivity index (χ2n) is 5.99. The molecule has 2 atom stereocenters. The van der Waals surface area contributed by atoms with Gasteiger partial charge in [0.2, 0.25) is 5.91 Å². The van der Waals surface area contributed by atoms with Gasteiger partial charge >= 0.3 is 0 Å². The van der Waals surface area contributed by atoms with Gasteiger partial charge in [0, 0.05) is 23.8 Å². The van der Waals surface area contributed by atoms with Crippen LogP contribution in [0, 0.1) is 5.92 Å². The molecule has 106 valence electrons. The first-order valence-electron chi connectivity index (χ1n) is 7.49. The Hall–Kier alpha value is -2.29. The van der Waals surface area contributed by atoms with Gasteiger partial charge in [-0.1, -0.05) is 36.4 Å². The fraction of sp³-hybridized carbons (Fsp3) is 0.278. The number of anilines is 2. The molecule has 1 amide bonds. The summed E-state index contributed by atoms with van der Waals surface area (Å²) in [4.78, 5) is 14.7. The van der Waals surface area contributed by atoms with E-state index in [-0.39, 0.29) is 11.8 Å². The van der Waals surface area contributed by atoms with E-state index < -0.39 is 0 Å². The van der Waals surface area contributed by atoms with Crippen molar-refractivity contribution < 1.29 is 4.79 Å². The average Bonchev–Trinajstić information content (AvgIpc) is 3.21. The minimum atomic E-state index is 0.139. The highest BCUT2D eigenvalue weighted by Gasteiger charge is 2.46. The van der Waals surface area contributed by atoms with Crippen LogP contribution in [-0.2, 0) is 11.2 Å². The van der Waals surface area contributed by atoms with Crippen LogP contribution in [0.15, 0.2) is 48.5 Å². The predicted octanol–water partition coefficient (Wildman–Crippen LogP) is 2.96. The quantitative estimate of drug-likeness (QED) is 0.858. The highest BCUT2D eigenvalue weighted by atomic mass is 16.2. The van der Waals surface area contributed by atoms with Crippen LogP contribution < -0.4 is 10.6 Å². The second-order valence-corrected chi connectivity index (χ2v) is 5.99. The molecule has 1 aliphatic carbocycles. The Morgan fingerprint density at radius 2 is 1.95 bits per heavy atom. The smallest absolute Gasteiger partial charge is 0.230 e. The van der Waals surface area contributed by atoms with E-state index in [2.05, 4.69) is 12.1 Å². The number of amides is 1. The third kappa shape index (κ3) is 2.09. The van der Waals surface area contributed by atoms with E-state index in [9.17, 15) is 4.79 Å². The highest BCUT2D eigenvalue weighted by molar-refractivity contribution is 5.99. The molecule has 1 aliphatic heterocycles. The number of carbonyl (C=O) groups excluding carboxylic acids is 1. The summed E-state index contributed by atoms with van der Waals surface area (Å²) in [7, 11) is 0. The Bertz CT molecular complexity index is 696. The molecule has 1 saturated carbocycles. The maximum atomic E-state index is 12.8. The molecule has 2 aliphatic rings. The Morgan fingerprint density at radius 1 is 1.14 bits per heavy atom. The first-order valence-corrected chi connectivity index (χ1v) is 7.49. The summed E-state index contributed by atoms with van der Waals surface area (Å²) in [5.74, 6) is 0.789. The van der Waals surface area contributed by atoms with Crippen molar-refractivity contribution in [3.05, 3.63) is 59.7 Å². The van der Waals surface area contributed by atoms with Crippen LogP contribution in [0.2, 0.25) is 0 Å². The number of carbonyl (C=O) groups is 1. The molecular weight excluding hydrogens is 260 g/mol. The monoisotopic (exact) mass is 278 g/mol. The van der Waals surface area contributed by atoms with Gasteiger partial charge < -0.3 is 10.6 Å². The number of hydrogen-bond acceptors (Lipinski definition) is 2. The second kappa shape index (κ2) is 4.62. The highest BCUT2D eigenvalue weighted by Crippen LogP contribution is 2.49. The summed E-state index contributed by atoms with van der Waals surface area (Å²) in [6.07, 6.45) is 1.90. The zero-order chi connectivity index (χ0) is 14.4. The van der Waals surface area contributed by atoms with Gasteiger partial charge in [-0.2, -0.15) is 0 Å². The van der Waals surface area contributed by atoms with Crippen molar-refractivity contribution in [2.45, 2.75) is 18.8 Å². The molecule has 1 fully saturated rings. The molecule has 3 nitrogen and oxygen atoms in total. The summed E-state index contributed by atoms with van der Waals surface area (Å²) >= 11 is 0. The van der Waals surface area contributed by atoms with Crippen LogP contribution in [0.4, 0.5) is 11.4 Å². The van der Waals surface area contributed by atoms with Crippen LogP contribution in [0.1, 0.15) is 23.5 Å². The minimum absolute atomic E-state index is 0.139. The van der Waals surface area contributed by atoms with Gasteiger partial charge in [0.25, 0.3) is 0 Å². The summed E-state index contributed by atoms with van der Waals surface area (Å²) in [5, 5.41) is 0. The first-order chi connectivity index (χ1) is 10.2. The molecule has 2 aromatic rings. The van der Waals surface area contributed by atoms with E-state index in [1.54, 1.807) is 0 Å². The number of nitrogen functional groups attached to an aromatic ring is 1. The van der Waals surface area contributed by atoms with Crippen LogP contribution in [0.5, 0.6) is 0 Å².